The molecule has 1 aromatic rings. The number of fused-ring (bicyclic) bond motifs is 1. The molecule has 0 atom stereocenters. The second-order valence-corrected chi connectivity index (χ2v) is 2.73. The lowest BCUT2D eigenvalue weighted by Crippen LogP contribution is -2.27. The van der Waals surface area contributed by atoms with Crippen molar-refractivity contribution in [2.24, 2.45) is 0 Å². The minimum Gasteiger partial charge on any atom is -0.372 e. The summed E-state index contributed by atoms with van der Waals surface area (Å²) in [4.78, 5) is 0. The fourth-order valence-electron chi connectivity index (χ4n) is 1.38. The van der Waals surface area contributed by atoms with Gasteiger partial charge in [0.15, 0.2) is 0 Å². The van der Waals surface area contributed by atoms with Crippen LogP contribution in [0.1, 0.15) is 11.1 Å². The molecule has 0 saturated carbocycles. The van der Waals surface area contributed by atoms with E-state index in [0.29, 0.717) is 0 Å². The molecular weight excluding hydrogens is 136 g/mol. The smallest absolute Gasteiger partial charge is 0.0655 e. The van der Waals surface area contributed by atoms with Crippen LogP contribution in [0.3, 0.4) is 0 Å². The van der Waals surface area contributed by atoms with Crippen LogP contribution < -0.4 is 10.6 Å². The molecule has 2 nitrogen and oxygen atoms in total. The third-order valence-electron chi connectivity index (χ3n) is 1.94. The average molecular weight is 147 g/mol. The Balaban J connectivity index is 2.49. The Bertz CT molecular complexity index is 268. The Labute approximate surface area is 66.6 Å². The highest BCUT2D eigenvalue weighted by Gasteiger charge is 2.07. The Morgan fingerprint density at radius 3 is 3.09 bits per heavy atom. The first-order valence-electron chi connectivity index (χ1n) is 3.76. The Morgan fingerprint density at radius 1 is 1.36 bits per heavy atom. The normalized spacial score (nSPS) is 15.4. The summed E-state index contributed by atoms with van der Waals surface area (Å²) in [6, 6.07) is 6.18. The molecule has 0 saturated heterocycles. The number of anilines is 1. The van der Waals surface area contributed by atoms with Crippen LogP contribution in [0.4, 0.5) is 5.69 Å². The molecule has 2 N–H and O–H groups in total. The van der Waals surface area contributed by atoms with Gasteiger partial charge in [0.05, 0.1) is 6.67 Å². The van der Waals surface area contributed by atoms with Crippen molar-refractivity contribution < 1.29 is 0 Å². The van der Waals surface area contributed by atoms with Crippen molar-refractivity contribution in [2.75, 3.05) is 12.0 Å². The molecule has 0 fully saturated rings. The van der Waals surface area contributed by atoms with Gasteiger partial charge in [-0.15, -0.1) is 0 Å². The third kappa shape index (κ3) is 1.10. The van der Waals surface area contributed by atoms with Gasteiger partial charge < -0.3 is 5.32 Å². The number of para-hydroxylation sites is 1. The van der Waals surface area contributed by atoms with Crippen LogP contribution in [-0.2, 0) is 6.54 Å². The van der Waals surface area contributed by atoms with Gasteiger partial charge >= 0.3 is 0 Å². The van der Waals surface area contributed by atoms with E-state index in [9.17, 15) is 0 Å². The molecule has 0 bridgehead atoms. The molecule has 2 heteroatoms. The average Bonchev–Trinajstić information content (AvgIpc) is 2.06. The van der Waals surface area contributed by atoms with E-state index in [0.717, 1.165) is 18.8 Å². The first kappa shape index (κ1) is 6.68. The lowest BCUT2D eigenvalue weighted by Gasteiger charge is -2.20. The van der Waals surface area contributed by atoms with Crippen molar-refractivity contribution in [1.82, 2.24) is 5.32 Å². The van der Waals surface area contributed by atoms with E-state index in [1.54, 1.807) is 0 Å². The van der Waals surface area contributed by atoms with Gasteiger partial charge in [0.2, 0.25) is 0 Å². The highest BCUT2D eigenvalue weighted by molar-refractivity contribution is 5.59. The van der Waals surface area contributed by atoms with Gasteiger partial charge in [-0.1, -0.05) is 18.2 Å². The predicted octanol–water partition coefficient (Wildman–Crippen LogP) is 1.34. The van der Waals surface area contributed by atoms with Crippen LogP contribution in [0.25, 0.3) is 0 Å². The van der Waals surface area contributed by atoms with Crippen molar-refractivity contribution in [3.05, 3.63) is 36.2 Å². The maximum absolute atomic E-state index is 3.94. The number of hydrogen-bond donors (Lipinski definition) is 2. The third-order valence-corrected chi connectivity index (χ3v) is 1.94. The van der Waals surface area contributed by atoms with Crippen molar-refractivity contribution in [3.63, 3.8) is 0 Å². The first-order chi connectivity index (χ1) is 5.38. The van der Waals surface area contributed by atoms with E-state index in [1.165, 1.54) is 11.3 Å². The predicted molar refractivity (Wildman–Crippen MR) is 46.2 cm³/mol. The summed E-state index contributed by atoms with van der Waals surface area (Å²) < 4.78 is 0. The van der Waals surface area contributed by atoms with E-state index in [-0.39, 0.29) is 0 Å². The first-order valence-corrected chi connectivity index (χ1v) is 3.76. The minimum absolute atomic E-state index is 0.847. The second-order valence-electron chi connectivity index (χ2n) is 2.73. The molecule has 11 heavy (non-hydrogen) atoms. The Kier molecular flexibility index (Phi) is 1.55. The van der Waals surface area contributed by atoms with Gasteiger partial charge in [0.1, 0.15) is 0 Å². The van der Waals surface area contributed by atoms with Gasteiger partial charge in [-0.05, 0) is 18.1 Å². The molecule has 0 aromatic heterocycles. The summed E-state index contributed by atoms with van der Waals surface area (Å²) >= 11 is 0. The van der Waals surface area contributed by atoms with Gasteiger partial charge in [-0.2, -0.15) is 0 Å². The van der Waals surface area contributed by atoms with Crippen LogP contribution in [0.5, 0.6) is 0 Å². The zero-order valence-electron chi connectivity index (χ0n) is 6.35. The van der Waals surface area contributed by atoms with Crippen LogP contribution in [-0.4, -0.2) is 6.67 Å². The van der Waals surface area contributed by atoms with E-state index >= 15 is 0 Å². The van der Waals surface area contributed by atoms with E-state index in [4.69, 9.17) is 0 Å². The van der Waals surface area contributed by atoms with Crippen LogP contribution >= 0.6 is 0 Å². The summed E-state index contributed by atoms with van der Waals surface area (Å²) in [6.07, 6.45) is 0. The van der Waals surface area contributed by atoms with E-state index in [2.05, 4.69) is 23.6 Å². The fraction of sp³-hybridized carbons (Fsp3) is 0.222. The molecule has 1 aliphatic heterocycles. The number of hydrogen-bond acceptors (Lipinski definition) is 2. The molecule has 1 heterocycles. The van der Waals surface area contributed by atoms with Gasteiger partial charge in [-0.3, -0.25) is 5.32 Å². The summed E-state index contributed by atoms with van der Waals surface area (Å²) in [5.41, 5.74) is 3.60. The summed E-state index contributed by atoms with van der Waals surface area (Å²) in [7, 11) is 0. The summed E-state index contributed by atoms with van der Waals surface area (Å²) in [6.45, 7) is 5.74. The van der Waals surface area contributed by atoms with Gasteiger partial charge in [-0.25, -0.2) is 0 Å². The summed E-state index contributed by atoms with van der Waals surface area (Å²) in [5, 5.41) is 6.49. The maximum Gasteiger partial charge on any atom is 0.0655 e. The van der Waals surface area contributed by atoms with Crippen molar-refractivity contribution >= 4 is 5.69 Å². The van der Waals surface area contributed by atoms with Crippen molar-refractivity contribution in [1.29, 1.82) is 0 Å². The molecule has 0 unspecified atom stereocenters. The van der Waals surface area contributed by atoms with Crippen molar-refractivity contribution in [3.8, 4) is 0 Å². The molecule has 1 radical (unpaired) electrons. The van der Waals surface area contributed by atoms with Crippen LogP contribution in [0, 0.1) is 6.92 Å². The zero-order chi connectivity index (χ0) is 7.68. The molecule has 2 rings (SSSR count). The fourth-order valence-corrected chi connectivity index (χ4v) is 1.38. The highest BCUT2D eigenvalue weighted by Crippen LogP contribution is 2.21. The molecule has 0 amide bonds. The monoisotopic (exact) mass is 147 g/mol. The quantitative estimate of drug-likeness (QED) is 0.578. The van der Waals surface area contributed by atoms with Gasteiger partial charge in [0, 0.05) is 12.2 Å². The summed E-state index contributed by atoms with van der Waals surface area (Å²) in [5.74, 6) is 0. The number of benzene rings is 1. The maximum atomic E-state index is 3.94. The van der Waals surface area contributed by atoms with E-state index in [1.807, 2.05) is 12.1 Å². The largest absolute Gasteiger partial charge is 0.372 e. The molecule has 1 aliphatic rings. The minimum atomic E-state index is 0.847. The molecule has 57 valence electrons. The van der Waals surface area contributed by atoms with Crippen LogP contribution in [0.15, 0.2) is 18.2 Å². The molecule has 1 aromatic carbocycles. The van der Waals surface area contributed by atoms with Gasteiger partial charge in [0.25, 0.3) is 0 Å². The Morgan fingerprint density at radius 2 is 2.27 bits per heavy atom. The molecular formula is C9H11N2. The SMILES string of the molecule is [CH2]c1cccc2c1NCNC2. The number of rotatable bonds is 0. The van der Waals surface area contributed by atoms with E-state index < -0.39 is 0 Å². The highest BCUT2D eigenvalue weighted by atomic mass is 15.1. The zero-order valence-corrected chi connectivity index (χ0v) is 6.35. The lowest BCUT2D eigenvalue weighted by atomic mass is 10.1. The molecule has 0 spiro atoms. The second kappa shape index (κ2) is 2.55. The topological polar surface area (TPSA) is 24.1 Å². The standard InChI is InChI=1S/C9H11N2/c1-7-3-2-4-8-5-10-6-11-9(7)8/h2-4,10-11H,1,5-6H2. The molecule has 0 aliphatic carbocycles. The van der Waals surface area contributed by atoms with Crippen molar-refractivity contribution in [2.45, 2.75) is 6.54 Å². The Hall–Kier alpha value is -1.02. The number of nitrogens with one attached hydrogen (secondary N) is 2. The van der Waals surface area contributed by atoms with Crippen LogP contribution in [0.2, 0.25) is 0 Å². The lowest BCUT2D eigenvalue weighted by molar-refractivity contribution is 0.709.